The lowest BCUT2D eigenvalue weighted by Gasteiger charge is -2.07. The van der Waals surface area contributed by atoms with Gasteiger partial charge in [-0.1, -0.05) is 29.5 Å². The van der Waals surface area contributed by atoms with Crippen LogP contribution in [-0.4, -0.2) is 27.7 Å². The fourth-order valence-electron chi connectivity index (χ4n) is 2.49. The normalized spacial score (nSPS) is 11.0. The molecule has 0 saturated heterocycles. The predicted molar refractivity (Wildman–Crippen MR) is 92.9 cm³/mol. The molecule has 0 saturated carbocycles. The van der Waals surface area contributed by atoms with E-state index in [1.807, 2.05) is 6.07 Å². The average molecular weight is 344 g/mol. The van der Waals surface area contributed by atoms with E-state index in [0.29, 0.717) is 18.6 Å². The number of nitrogens with one attached hydrogen (secondary N) is 2. The van der Waals surface area contributed by atoms with Crippen molar-refractivity contribution in [2.75, 3.05) is 6.54 Å². The molecular formula is C17H16N2O4S. The quantitative estimate of drug-likeness (QED) is 0.514. The largest absolute Gasteiger partial charge is 0.506 e. The van der Waals surface area contributed by atoms with E-state index < -0.39 is 5.97 Å². The second-order valence-electron chi connectivity index (χ2n) is 5.39. The van der Waals surface area contributed by atoms with Crippen molar-refractivity contribution < 1.29 is 15.0 Å². The monoisotopic (exact) mass is 344 g/mol. The minimum atomic E-state index is -0.934. The summed E-state index contributed by atoms with van der Waals surface area (Å²) in [6.07, 6.45) is 0.720. The summed E-state index contributed by atoms with van der Waals surface area (Å²) in [7, 11) is 0. The van der Waals surface area contributed by atoms with Gasteiger partial charge in [-0.3, -0.25) is 4.79 Å². The molecule has 7 heteroatoms. The lowest BCUT2D eigenvalue weighted by molar-refractivity contribution is 0.0697. The van der Waals surface area contributed by atoms with Gasteiger partial charge in [0.2, 0.25) is 0 Å². The molecule has 2 aromatic carbocycles. The molecule has 0 radical (unpaired) electrons. The summed E-state index contributed by atoms with van der Waals surface area (Å²) in [6.45, 7) is 1.33. The number of fused-ring (bicyclic) bond motifs is 1. The fourth-order valence-corrected chi connectivity index (χ4v) is 3.39. The smallest absolute Gasteiger partial charge is 0.335 e. The molecule has 24 heavy (non-hydrogen) atoms. The maximum Gasteiger partial charge on any atom is 0.335 e. The Morgan fingerprint density at radius 3 is 2.62 bits per heavy atom. The zero-order valence-electron chi connectivity index (χ0n) is 12.7. The van der Waals surface area contributed by atoms with E-state index in [2.05, 4.69) is 10.3 Å². The molecule has 0 aliphatic rings. The SMILES string of the molecule is O=C(O)c1ccc(CNCCc2ccc(O)c3[nH]c(=O)sc23)cc1. The highest BCUT2D eigenvalue weighted by Crippen LogP contribution is 2.27. The first-order chi connectivity index (χ1) is 11.5. The van der Waals surface area contributed by atoms with Crippen LogP contribution in [0.25, 0.3) is 10.2 Å². The molecule has 0 spiro atoms. The number of carboxylic acids is 1. The summed E-state index contributed by atoms with van der Waals surface area (Å²) in [4.78, 5) is 24.7. The Hall–Kier alpha value is -2.64. The van der Waals surface area contributed by atoms with E-state index >= 15 is 0 Å². The Labute approximate surface area is 141 Å². The molecular weight excluding hydrogens is 328 g/mol. The van der Waals surface area contributed by atoms with Crippen molar-refractivity contribution in [1.82, 2.24) is 10.3 Å². The van der Waals surface area contributed by atoms with Crippen molar-refractivity contribution in [3.63, 3.8) is 0 Å². The van der Waals surface area contributed by atoms with Gasteiger partial charge in [-0.05, 0) is 42.3 Å². The van der Waals surface area contributed by atoms with Crippen molar-refractivity contribution in [3.05, 3.63) is 62.8 Å². The number of rotatable bonds is 6. The molecule has 0 atom stereocenters. The van der Waals surface area contributed by atoms with Crippen LogP contribution in [0, 0.1) is 0 Å². The third-order valence-electron chi connectivity index (χ3n) is 3.74. The standard InChI is InChI=1S/C17H16N2O4S/c20-13-6-5-11(15-14(13)19-17(23)24-15)7-8-18-9-10-1-3-12(4-2-10)16(21)22/h1-6,18,20H,7-9H2,(H,19,23)(H,21,22). The number of aromatic amines is 1. The molecule has 1 heterocycles. The molecule has 6 nitrogen and oxygen atoms in total. The van der Waals surface area contributed by atoms with E-state index in [1.165, 1.54) is 0 Å². The summed E-state index contributed by atoms with van der Waals surface area (Å²) in [5.41, 5.74) is 2.77. The summed E-state index contributed by atoms with van der Waals surface area (Å²) in [5, 5.41) is 21.9. The summed E-state index contributed by atoms with van der Waals surface area (Å²) < 4.78 is 0.785. The van der Waals surface area contributed by atoms with Crippen LogP contribution >= 0.6 is 11.3 Å². The number of hydrogen-bond donors (Lipinski definition) is 4. The van der Waals surface area contributed by atoms with Gasteiger partial charge in [0.1, 0.15) is 11.3 Å². The Kier molecular flexibility index (Phi) is 4.64. The maximum atomic E-state index is 11.5. The third kappa shape index (κ3) is 3.47. The third-order valence-corrected chi connectivity index (χ3v) is 4.70. The lowest BCUT2D eigenvalue weighted by Crippen LogP contribution is -2.16. The molecule has 3 rings (SSSR count). The fraction of sp³-hybridized carbons (Fsp3) is 0.176. The first kappa shape index (κ1) is 16.2. The highest BCUT2D eigenvalue weighted by atomic mass is 32.1. The maximum absolute atomic E-state index is 11.5. The van der Waals surface area contributed by atoms with Gasteiger partial charge in [-0.25, -0.2) is 4.79 Å². The van der Waals surface area contributed by atoms with E-state index in [1.54, 1.807) is 30.3 Å². The Balaban J connectivity index is 1.60. The highest BCUT2D eigenvalue weighted by molar-refractivity contribution is 7.16. The second-order valence-corrected chi connectivity index (χ2v) is 6.37. The van der Waals surface area contributed by atoms with Crippen molar-refractivity contribution in [1.29, 1.82) is 0 Å². The molecule has 0 aliphatic carbocycles. The number of carboxylic acid groups (broad SMARTS) is 1. The van der Waals surface area contributed by atoms with Gasteiger partial charge in [0.25, 0.3) is 0 Å². The van der Waals surface area contributed by atoms with Crippen LogP contribution < -0.4 is 10.2 Å². The molecule has 124 valence electrons. The minimum absolute atomic E-state index is 0.0820. The zero-order chi connectivity index (χ0) is 17.1. The number of aromatic hydroxyl groups is 1. The first-order valence-electron chi connectivity index (χ1n) is 7.41. The first-order valence-corrected chi connectivity index (χ1v) is 8.23. The minimum Gasteiger partial charge on any atom is -0.506 e. The summed E-state index contributed by atoms with van der Waals surface area (Å²) in [6, 6.07) is 10.1. The highest BCUT2D eigenvalue weighted by Gasteiger charge is 2.09. The number of thiazole rings is 1. The van der Waals surface area contributed by atoms with Crippen molar-refractivity contribution >= 4 is 27.5 Å². The number of benzene rings is 2. The molecule has 0 aliphatic heterocycles. The van der Waals surface area contributed by atoms with Crippen molar-refractivity contribution in [2.24, 2.45) is 0 Å². The number of carbonyl (C=O) groups is 1. The second kappa shape index (κ2) is 6.86. The van der Waals surface area contributed by atoms with Gasteiger partial charge in [-0.15, -0.1) is 0 Å². The van der Waals surface area contributed by atoms with Crippen LogP contribution in [0.2, 0.25) is 0 Å². The number of aromatic nitrogens is 1. The number of phenols is 1. The molecule has 1 aromatic heterocycles. The number of hydrogen-bond acceptors (Lipinski definition) is 5. The van der Waals surface area contributed by atoms with E-state index in [4.69, 9.17) is 5.11 Å². The van der Waals surface area contributed by atoms with E-state index in [9.17, 15) is 14.7 Å². The summed E-state index contributed by atoms with van der Waals surface area (Å²) in [5.74, 6) is -0.852. The molecule has 0 amide bonds. The van der Waals surface area contributed by atoms with Gasteiger partial charge in [0, 0.05) is 6.54 Å². The van der Waals surface area contributed by atoms with Crippen molar-refractivity contribution in [3.8, 4) is 5.75 Å². The lowest BCUT2D eigenvalue weighted by atomic mass is 10.1. The molecule has 0 unspecified atom stereocenters. The Morgan fingerprint density at radius 2 is 1.92 bits per heavy atom. The predicted octanol–water partition coefficient (Wildman–Crippen LogP) is 2.33. The number of H-pyrrole nitrogens is 1. The van der Waals surface area contributed by atoms with Gasteiger partial charge in [-0.2, -0.15) is 0 Å². The van der Waals surface area contributed by atoms with Crippen LogP contribution in [0.15, 0.2) is 41.2 Å². The Morgan fingerprint density at radius 1 is 1.17 bits per heavy atom. The van der Waals surface area contributed by atoms with E-state index in [-0.39, 0.29) is 16.2 Å². The van der Waals surface area contributed by atoms with Gasteiger partial charge in [0.05, 0.1) is 10.3 Å². The van der Waals surface area contributed by atoms with E-state index in [0.717, 1.165) is 33.6 Å². The molecule has 4 N–H and O–H groups in total. The average Bonchev–Trinajstić information content (AvgIpc) is 2.96. The number of aromatic carboxylic acids is 1. The summed E-state index contributed by atoms with van der Waals surface area (Å²) >= 11 is 1.10. The van der Waals surface area contributed by atoms with Crippen LogP contribution in [0.3, 0.4) is 0 Å². The Bertz CT molecular complexity index is 928. The van der Waals surface area contributed by atoms with Crippen LogP contribution in [0.1, 0.15) is 21.5 Å². The van der Waals surface area contributed by atoms with Gasteiger partial charge >= 0.3 is 10.8 Å². The number of phenolic OH excluding ortho intramolecular Hbond substituents is 1. The topological polar surface area (TPSA) is 102 Å². The molecule has 0 bridgehead atoms. The molecule has 0 fully saturated rings. The zero-order valence-corrected chi connectivity index (χ0v) is 13.5. The van der Waals surface area contributed by atoms with Crippen LogP contribution in [-0.2, 0) is 13.0 Å². The molecule has 3 aromatic rings. The van der Waals surface area contributed by atoms with Gasteiger partial charge < -0.3 is 20.5 Å². The van der Waals surface area contributed by atoms with Crippen molar-refractivity contribution in [2.45, 2.75) is 13.0 Å². The van der Waals surface area contributed by atoms with Gasteiger partial charge in [0.15, 0.2) is 0 Å². The van der Waals surface area contributed by atoms with Crippen LogP contribution in [0.5, 0.6) is 5.75 Å². The van der Waals surface area contributed by atoms with Crippen LogP contribution in [0.4, 0.5) is 0 Å².